The number of nitrogens with zero attached hydrogens (tertiary/aromatic N) is 3. The van der Waals surface area contributed by atoms with Crippen LogP contribution in [0.1, 0.15) is 61.3 Å². The van der Waals surface area contributed by atoms with Gasteiger partial charge in [0.2, 0.25) is 11.5 Å². The molecule has 1 unspecified atom stereocenters. The maximum absolute atomic E-state index is 13.3. The Kier molecular flexibility index (Phi) is 6.46. The van der Waals surface area contributed by atoms with Gasteiger partial charge >= 0.3 is 5.97 Å². The number of rotatable bonds is 8. The summed E-state index contributed by atoms with van der Waals surface area (Å²) in [5.41, 5.74) is 3.75. The first kappa shape index (κ1) is 24.6. The van der Waals surface area contributed by atoms with E-state index in [1.54, 1.807) is 18.3 Å². The Labute approximate surface area is 217 Å². The fraction of sp³-hybridized carbons (Fsp3) is 0.300. The van der Waals surface area contributed by atoms with Crippen LogP contribution in [-0.2, 0) is 21.7 Å². The number of benzene rings is 2. The number of hydrogen-bond acceptors (Lipinski definition) is 5. The predicted molar refractivity (Wildman–Crippen MR) is 146 cm³/mol. The number of carbonyl (C=O) groups excluding carboxylic acids is 2. The molecule has 7 nitrogen and oxygen atoms in total. The lowest BCUT2D eigenvalue weighted by Crippen LogP contribution is -2.32. The van der Waals surface area contributed by atoms with E-state index in [-0.39, 0.29) is 5.91 Å². The fourth-order valence-electron chi connectivity index (χ4n) is 5.47. The number of amides is 1. The van der Waals surface area contributed by atoms with E-state index in [1.165, 1.54) is 6.92 Å². The van der Waals surface area contributed by atoms with Crippen molar-refractivity contribution in [3.8, 4) is 0 Å². The number of aromatic nitrogens is 2. The Balaban J connectivity index is 1.87. The van der Waals surface area contributed by atoms with Crippen molar-refractivity contribution in [1.29, 1.82) is 0 Å². The SMILES string of the molecule is CCCn1cc(C2(c3ccc(N(CC)CC)cc3NC(C)=O)OC(=O)c3cccnc32)c2ccccc21. The number of para-hydroxylation sites is 1. The van der Waals surface area contributed by atoms with Gasteiger partial charge in [0.15, 0.2) is 0 Å². The highest BCUT2D eigenvalue weighted by Crippen LogP contribution is 2.51. The molecule has 190 valence electrons. The molecular weight excluding hydrogens is 464 g/mol. The average Bonchev–Trinajstić information content (AvgIpc) is 3.41. The van der Waals surface area contributed by atoms with Crippen LogP contribution in [-0.4, -0.2) is 34.5 Å². The van der Waals surface area contributed by atoms with E-state index < -0.39 is 11.6 Å². The third-order valence-corrected chi connectivity index (χ3v) is 7.06. The van der Waals surface area contributed by atoms with Crippen LogP contribution in [0.5, 0.6) is 0 Å². The van der Waals surface area contributed by atoms with Gasteiger partial charge in [-0.05, 0) is 50.6 Å². The molecule has 2 aromatic heterocycles. The van der Waals surface area contributed by atoms with E-state index in [1.807, 2.05) is 30.3 Å². The minimum absolute atomic E-state index is 0.202. The van der Waals surface area contributed by atoms with Crippen LogP contribution >= 0.6 is 0 Å². The molecule has 1 aliphatic heterocycles. The van der Waals surface area contributed by atoms with Gasteiger partial charge in [-0.2, -0.15) is 0 Å². The number of cyclic esters (lactones) is 1. The smallest absolute Gasteiger partial charge is 0.341 e. The van der Waals surface area contributed by atoms with E-state index in [0.717, 1.165) is 48.2 Å². The summed E-state index contributed by atoms with van der Waals surface area (Å²) in [6.45, 7) is 10.3. The van der Waals surface area contributed by atoms with Crippen LogP contribution in [0.15, 0.2) is 67.0 Å². The molecule has 5 rings (SSSR count). The minimum atomic E-state index is -1.33. The molecule has 1 atom stereocenters. The Morgan fingerprint density at radius 3 is 2.57 bits per heavy atom. The molecule has 2 aromatic carbocycles. The summed E-state index contributed by atoms with van der Waals surface area (Å²) in [7, 11) is 0. The van der Waals surface area contributed by atoms with Gasteiger partial charge in [0, 0.05) is 66.7 Å². The second-order valence-electron chi connectivity index (χ2n) is 9.31. The van der Waals surface area contributed by atoms with E-state index in [0.29, 0.717) is 22.5 Å². The van der Waals surface area contributed by atoms with Crippen molar-refractivity contribution in [2.45, 2.75) is 46.3 Å². The molecule has 1 amide bonds. The number of pyridine rings is 1. The molecule has 0 bridgehead atoms. The molecular formula is C30H32N4O3. The number of fused-ring (bicyclic) bond motifs is 2. The zero-order chi connectivity index (χ0) is 26.2. The van der Waals surface area contributed by atoms with Crippen molar-refractivity contribution >= 4 is 34.2 Å². The molecule has 0 saturated carbocycles. The first-order valence-corrected chi connectivity index (χ1v) is 12.9. The molecule has 1 N–H and O–H groups in total. The Bertz CT molecular complexity index is 1490. The summed E-state index contributed by atoms with van der Waals surface area (Å²) in [6.07, 6.45) is 4.71. The summed E-state index contributed by atoms with van der Waals surface area (Å²) in [4.78, 5) is 32.7. The Morgan fingerprint density at radius 1 is 1.05 bits per heavy atom. The minimum Gasteiger partial charge on any atom is -0.439 e. The van der Waals surface area contributed by atoms with Crippen molar-refractivity contribution in [3.63, 3.8) is 0 Å². The number of ether oxygens (including phenoxy) is 1. The van der Waals surface area contributed by atoms with Crippen molar-refractivity contribution < 1.29 is 14.3 Å². The molecule has 0 spiro atoms. The highest BCUT2D eigenvalue weighted by molar-refractivity contribution is 5.99. The van der Waals surface area contributed by atoms with Gasteiger partial charge in [-0.15, -0.1) is 0 Å². The lowest BCUT2D eigenvalue weighted by Gasteiger charge is -2.32. The van der Waals surface area contributed by atoms with Crippen LogP contribution in [0.3, 0.4) is 0 Å². The van der Waals surface area contributed by atoms with Crippen molar-refractivity contribution in [3.05, 3.63) is 89.4 Å². The Hall–Kier alpha value is -4.13. The number of hydrogen-bond donors (Lipinski definition) is 1. The van der Waals surface area contributed by atoms with Gasteiger partial charge in [-0.1, -0.05) is 31.2 Å². The zero-order valence-electron chi connectivity index (χ0n) is 21.7. The van der Waals surface area contributed by atoms with Crippen LogP contribution in [0.2, 0.25) is 0 Å². The standard InChI is InChI=1S/C30H32N4O3/c1-5-17-34-19-25(22-11-8-9-13-27(22)34)30(28-23(29(36)37-30)12-10-16-31-28)24-15-14-21(33(6-2)7-3)18-26(24)32-20(4)35/h8-16,18-19H,5-7,17H2,1-4H3,(H,32,35). The first-order chi connectivity index (χ1) is 17.9. The van der Waals surface area contributed by atoms with Crippen molar-refractivity contribution in [1.82, 2.24) is 9.55 Å². The summed E-state index contributed by atoms with van der Waals surface area (Å²) in [5, 5.41) is 4.00. The lowest BCUT2D eigenvalue weighted by atomic mass is 9.81. The number of nitrogens with one attached hydrogen (secondary N) is 1. The van der Waals surface area contributed by atoms with E-state index >= 15 is 0 Å². The number of esters is 1. The van der Waals surface area contributed by atoms with Gasteiger partial charge < -0.3 is 19.5 Å². The maximum atomic E-state index is 13.3. The molecule has 0 radical (unpaired) electrons. The second kappa shape index (κ2) is 9.73. The zero-order valence-corrected chi connectivity index (χ0v) is 21.7. The number of anilines is 2. The van der Waals surface area contributed by atoms with Gasteiger partial charge in [-0.25, -0.2) is 4.79 Å². The van der Waals surface area contributed by atoms with Crippen LogP contribution in [0.4, 0.5) is 11.4 Å². The van der Waals surface area contributed by atoms with Crippen LogP contribution in [0, 0.1) is 0 Å². The first-order valence-electron chi connectivity index (χ1n) is 12.9. The molecule has 37 heavy (non-hydrogen) atoms. The molecule has 3 heterocycles. The summed E-state index contributed by atoms with van der Waals surface area (Å²) < 4.78 is 8.58. The largest absolute Gasteiger partial charge is 0.439 e. The van der Waals surface area contributed by atoms with E-state index in [4.69, 9.17) is 9.72 Å². The fourth-order valence-corrected chi connectivity index (χ4v) is 5.47. The molecule has 7 heteroatoms. The van der Waals surface area contributed by atoms with E-state index in [2.05, 4.69) is 53.9 Å². The topological polar surface area (TPSA) is 76.5 Å². The quantitative estimate of drug-likeness (QED) is 0.316. The normalized spacial score (nSPS) is 16.5. The van der Waals surface area contributed by atoms with Crippen molar-refractivity contribution in [2.75, 3.05) is 23.3 Å². The molecule has 1 aliphatic rings. The van der Waals surface area contributed by atoms with Crippen LogP contribution in [0.25, 0.3) is 10.9 Å². The van der Waals surface area contributed by atoms with E-state index in [9.17, 15) is 9.59 Å². The highest BCUT2D eigenvalue weighted by Gasteiger charge is 2.52. The number of aryl methyl sites for hydroxylation is 1. The maximum Gasteiger partial charge on any atom is 0.341 e. The van der Waals surface area contributed by atoms with Crippen molar-refractivity contribution in [2.24, 2.45) is 0 Å². The predicted octanol–water partition coefficient (Wildman–Crippen LogP) is 5.71. The molecule has 0 aliphatic carbocycles. The third kappa shape index (κ3) is 3.95. The van der Waals surface area contributed by atoms with Gasteiger partial charge in [0.05, 0.1) is 11.3 Å². The second-order valence-corrected chi connectivity index (χ2v) is 9.31. The summed E-state index contributed by atoms with van der Waals surface area (Å²) in [6, 6.07) is 17.6. The van der Waals surface area contributed by atoms with Gasteiger partial charge in [-0.3, -0.25) is 9.78 Å². The Morgan fingerprint density at radius 2 is 1.84 bits per heavy atom. The molecule has 0 saturated heterocycles. The van der Waals surface area contributed by atoms with Crippen LogP contribution < -0.4 is 10.2 Å². The molecule has 0 fully saturated rings. The summed E-state index contributed by atoms with van der Waals surface area (Å²) in [5.74, 6) is -0.635. The highest BCUT2D eigenvalue weighted by atomic mass is 16.6. The number of carbonyl (C=O) groups is 2. The average molecular weight is 497 g/mol. The summed E-state index contributed by atoms with van der Waals surface area (Å²) >= 11 is 0. The van der Waals surface area contributed by atoms with Gasteiger partial charge in [0.1, 0.15) is 5.69 Å². The molecule has 4 aromatic rings. The van der Waals surface area contributed by atoms with Gasteiger partial charge in [0.25, 0.3) is 0 Å². The lowest BCUT2D eigenvalue weighted by molar-refractivity contribution is -0.114. The monoisotopic (exact) mass is 496 g/mol. The third-order valence-electron chi connectivity index (χ3n) is 7.06.